The molecule has 1 heterocycles. The van der Waals surface area contributed by atoms with E-state index in [0.717, 1.165) is 5.92 Å². The molecule has 3 heteroatoms. The minimum absolute atomic E-state index is 0.695. The van der Waals surface area contributed by atoms with E-state index in [-0.39, 0.29) is 0 Å². The van der Waals surface area contributed by atoms with Crippen LogP contribution in [0.2, 0.25) is 0 Å². The smallest absolute Gasteiger partial charge is 0.0945 e. The average molecular weight is 271 g/mol. The first-order valence-corrected chi connectivity index (χ1v) is 6.74. The summed E-state index contributed by atoms with van der Waals surface area (Å²) in [6, 6.07) is 0. The quantitative estimate of drug-likeness (QED) is 0.753. The van der Waals surface area contributed by atoms with E-state index < -0.39 is 0 Å². The molecule has 0 radical (unpaired) electrons. The van der Waals surface area contributed by atoms with Gasteiger partial charge in [-0.3, -0.25) is 0 Å². The van der Waals surface area contributed by atoms with Crippen molar-refractivity contribution in [3.63, 3.8) is 0 Å². The van der Waals surface area contributed by atoms with Crippen LogP contribution in [0.25, 0.3) is 0 Å². The zero-order valence-electron chi connectivity index (χ0n) is 9.49. The summed E-state index contributed by atoms with van der Waals surface area (Å²) in [7, 11) is 2.10. The number of hydrogen-bond donors (Lipinski definition) is 0. The molecule has 0 saturated heterocycles. The van der Waals surface area contributed by atoms with Gasteiger partial charge in [-0.05, 0) is 25.2 Å². The molecule has 1 aliphatic carbocycles. The standard InChI is InChI=1S/C12H19BrN2/c1-3-9-4-5-10(13)6-11(9)12-7-14-8-15(12)2/h7-11H,3-6H2,1-2H3. The van der Waals surface area contributed by atoms with Crippen LogP contribution >= 0.6 is 15.9 Å². The van der Waals surface area contributed by atoms with Gasteiger partial charge in [-0.2, -0.15) is 0 Å². The highest BCUT2D eigenvalue weighted by Gasteiger charge is 2.30. The molecule has 1 aromatic heterocycles. The normalized spacial score (nSPS) is 31.8. The maximum absolute atomic E-state index is 4.24. The summed E-state index contributed by atoms with van der Waals surface area (Å²) in [4.78, 5) is 4.93. The average Bonchev–Trinajstić information content (AvgIpc) is 2.64. The van der Waals surface area contributed by atoms with Crippen molar-refractivity contribution in [1.82, 2.24) is 9.55 Å². The number of imidazole rings is 1. The van der Waals surface area contributed by atoms with E-state index in [1.54, 1.807) is 0 Å². The summed E-state index contributed by atoms with van der Waals surface area (Å²) < 4.78 is 2.18. The molecule has 0 N–H and O–H groups in total. The third-order valence-electron chi connectivity index (χ3n) is 3.69. The highest BCUT2D eigenvalue weighted by atomic mass is 79.9. The van der Waals surface area contributed by atoms with Crippen LogP contribution in [-0.2, 0) is 7.05 Å². The highest BCUT2D eigenvalue weighted by Crippen LogP contribution is 2.41. The fourth-order valence-corrected chi connectivity index (χ4v) is 3.42. The Hall–Kier alpha value is -0.310. The van der Waals surface area contributed by atoms with Gasteiger partial charge in [-0.25, -0.2) is 4.98 Å². The lowest BCUT2D eigenvalue weighted by Gasteiger charge is -2.33. The Morgan fingerprint density at radius 2 is 2.33 bits per heavy atom. The second-order valence-corrected chi connectivity index (χ2v) is 5.91. The fourth-order valence-electron chi connectivity index (χ4n) is 2.76. The molecule has 1 aliphatic rings. The van der Waals surface area contributed by atoms with E-state index in [9.17, 15) is 0 Å². The Labute approximate surface area is 100 Å². The number of rotatable bonds is 2. The van der Waals surface area contributed by atoms with E-state index in [1.807, 2.05) is 12.5 Å². The Morgan fingerprint density at radius 1 is 1.53 bits per heavy atom. The van der Waals surface area contributed by atoms with Crippen molar-refractivity contribution in [3.8, 4) is 0 Å². The zero-order valence-corrected chi connectivity index (χ0v) is 11.1. The lowest BCUT2D eigenvalue weighted by Crippen LogP contribution is -2.24. The van der Waals surface area contributed by atoms with Crippen molar-refractivity contribution in [1.29, 1.82) is 0 Å². The number of hydrogen-bond acceptors (Lipinski definition) is 1. The summed E-state index contributed by atoms with van der Waals surface area (Å²) in [5.41, 5.74) is 1.41. The van der Waals surface area contributed by atoms with Gasteiger partial charge in [0.1, 0.15) is 0 Å². The minimum Gasteiger partial charge on any atom is -0.337 e. The molecule has 0 bridgehead atoms. The lowest BCUT2D eigenvalue weighted by atomic mass is 9.76. The van der Waals surface area contributed by atoms with Gasteiger partial charge in [0.2, 0.25) is 0 Å². The molecular formula is C12H19BrN2. The fraction of sp³-hybridized carbons (Fsp3) is 0.750. The summed E-state index contributed by atoms with van der Waals surface area (Å²) in [5, 5.41) is 0. The number of aryl methyl sites for hydroxylation is 1. The first-order chi connectivity index (χ1) is 7.22. The lowest BCUT2D eigenvalue weighted by molar-refractivity contribution is 0.299. The second kappa shape index (κ2) is 4.69. The van der Waals surface area contributed by atoms with Gasteiger partial charge >= 0.3 is 0 Å². The van der Waals surface area contributed by atoms with Crippen molar-refractivity contribution in [3.05, 3.63) is 18.2 Å². The van der Waals surface area contributed by atoms with Crippen LogP contribution in [0.15, 0.2) is 12.5 Å². The minimum atomic E-state index is 0.695. The van der Waals surface area contributed by atoms with Gasteiger partial charge in [0, 0.05) is 29.7 Å². The monoisotopic (exact) mass is 270 g/mol. The molecule has 0 aromatic carbocycles. The highest BCUT2D eigenvalue weighted by molar-refractivity contribution is 9.09. The van der Waals surface area contributed by atoms with Crippen molar-refractivity contribution in [2.45, 2.75) is 43.4 Å². The third-order valence-corrected chi connectivity index (χ3v) is 4.52. The van der Waals surface area contributed by atoms with Crippen molar-refractivity contribution >= 4 is 15.9 Å². The maximum Gasteiger partial charge on any atom is 0.0945 e. The van der Waals surface area contributed by atoms with Gasteiger partial charge in [0.25, 0.3) is 0 Å². The van der Waals surface area contributed by atoms with Gasteiger partial charge < -0.3 is 4.57 Å². The van der Waals surface area contributed by atoms with E-state index in [0.29, 0.717) is 10.7 Å². The molecule has 0 aliphatic heterocycles. The van der Waals surface area contributed by atoms with Gasteiger partial charge in [-0.15, -0.1) is 0 Å². The first kappa shape index (κ1) is 11.2. The summed E-state index contributed by atoms with van der Waals surface area (Å²) in [6.45, 7) is 2.31. The Bertz CT molecular complexity index is 321. The van der Waals surface area contributed by atoms with E-state index in [1.165, 1.54) is 31.4 Å². The molecule has 3 atom stereocenters. The molecule has 3 unspecified atom stereocenters. The SMILES string of the molecule is CCC1CCC(Br)CC1c1cncn1C. The Balaban J connectivity index is 2.20. The topological polar surface area (TPSA) is 17.8 Å². The van der Waals surface area contributed by atoms with Gasteiger partial charge in [-0.1, -0.05) is 29.3 Å². The molecule has 2 nitrogen and oxygen atoms in total. The van der Waals surface area contributed by atoms with E-state index >= 15 is 0 Å². The number of halogens is 1. The van der Waals surface area contributed by atoms with Crippen LogP contribution in [0.5, 0.6) is 0 Å². The molecule has 1 aromatic rings. The summed E-state index contributed by atoms with van der Waals surface area (Å²) in [5.74, 6) is 1.54. The summed E-state index contributed by atoms with van der Waals surface area (Å²) in [6.07, 6.45) is 9.18. The van der Waals surface area contributed by atoms with Crippen LogP contribution < -0.4 is 0 Å². The molecular weight excluding hydrogens is 252 g/mol. The van der Waals surface area contributed by atoms with Crippen molar-refractivity contribution in [2.24, 2.45) is 13.0 Å². The predicted octanol–water partition coefficient (Wildman–Crippen LogP) is 3.48. The second-order valence-electron chi connectivity index (χ2n) is 4.61. The molecule has 15 heavy (non-hydrogen) atoms. The molecule has 1 saturated carbocycles. The molecule has 84 valence electrons. The maximum atomic E-state index is 4.24. The molecule has 0 amide bonds. The van der Waals surface area contributed by atoms with E-state index in [2.05, 4.69) is 39.5 Å². The number of aromatic nitrogens is 2. The Morgan fingerprint density at radius 3 is 2.93 bits per heavy atom. The van der Waals surface area contributed by atoms with Crippen LogP contribution in [-0.4, -0.2) is 14.4 Å². The number of nitrogens with zero attached hydrogens (tertiary/aromatic N) is 2. The summed E-state index contributed by atoms with van der Waals surface area (Å²) >= 11 is 3.77. The predicted molar refractivity (Wildman–Crippen MR) is 66.3 cm³/mol. The van der Waals surface area contributed by atoms with Gasteiger partial charge in [0.05, 0.1) is 6.33 Å². The number of alkyl halides is 1. The van der Waals surface area contributed by atoms with E-state index in [4.69, 9.17) is 0 Å². The van der Waals surface area contributed by atoms with Gasteiger partial charge in [0.15, 0.2) is 0 Å². The third kappa shape index (κ3) is 2.27. The Kier molecular flexibility index (Phi) is 3.49. The molecule has 1 fully saturated rings. The van der Waals surface area contributed by atoms with Crippen LogP contribution in [0.3, 0.4) is 0 Å². The van der Waals surface area contributed by atoms with Crippen LogP contribution in [0, 0.1) is 5.92 Å². The largest absolute Gasteiger partial charge is 0.337 e. The first-order valence-electron chi connectivity index (χ1n) is 5.82. The molecule has 2 rings (SSSR count). The van der Waals surface area contributed by atoms with Crippen LogP contribution in [0.1, 0.15) is 44.2 Å². The van der Waals surface area contributed by atoms with Crippen LogP contribution in [0.4, 0.5) is 0 Å². The van der Waals surface area contributed by atoms with Crippen molar-refractivity contribution in [2.75, 3.05) is 0 Å². The molecule has 0 spiro atoms. The van der Waals surface area contributed by atoms with Crippen molar-refractivity contribution < 1.29 is 0 Å². The zero-order chi connectivity index (χ0) is 10.8.